The molecule has 0 spiro atoms. The number of aromatic hydroxyl groups is 1. The largest absolute Gasteiger partial charge is 0.507 e. The molecule has 8 heteroatoms. The third kappa shape index (κ3) is 3.96. The van der Waals surface area contributed by atoms with Gasteiger partial charge in [0.25, 0.3) is 0 Å². The van der Waals surface area contributed by atoms with Crippen LogP contribution in [0, 0.1) is 0 Å². The number of carbonyl (C=O) groups is 2. The highest BCUT2D eigenvalue weighted by Gasteiger charge is 2.11. The van der Waals surface area contributed by atoms with Crippen molar-refractivity contribution >= 4 is 45.0 Å². The minimum atomic E-state index is -1.26. The summed E-state index contributed by atoms with van der Waals surface area (Å²) in [6.45, 7) is 0.355. The Bertz CT molecular complexity index is 687. The van der Waals surface area contributed by atoms with E-state index in [4.69, 9.17) is 5.11 Å². The molecular weight excluding hydrogens is 360 g/mol. The standard InChI is InChI=1S/C13H11BrN2O4S/c14-9-3-4-21-11(9)6-15-13(20)16-7-1-2-10(17)8(5-7)12(18)19/h1-5,17H,6H2,(H,18,19)(H2,15,16,20). The number of aromatic carboxylic acids is 1. The lowest BCUT2D eigenvalue weighted by Crippen LogP contribution is -2.28. The predicted molar refractivity (Wildman–Crippen MR) is 82.9 cm³/mol. The SMILES string of the molecule is O=C(NCc1sccc1Br)Nc1ccc(O)c(C(=O)O)c1. The molecule has 2 amide bonds. The molecule has 110 valence electrons. The highest BCUT2D eigenvalue weighted by molar-refractivity contribution is 9.10. The highest BCUT2D eigenvalue weighted by atomic mass is 79.9. The van der Waals surface area contributed by atoms with Crippen molar-refractivity contribution < 1.29 is 19.8 Å². The van der Waals surface area contributed by atoms with E-state index >= 15 is 0 Å². The molecule has 0 unspecified atom stereocenters. The van der Waals surface area contributed by atoms with Crippen LogP contribution in [0.4, 0.5) is 10.5 Å². The van der Waals surface area contributed by atoms with Gasteiger partial charge in [0.05, 0.1) is 6.54 Å². The molecule has 0 aliphatic rings. The van der Waals surface area contributed by atoms with Gasteiger partial charge in [-0.1, -0.05) is 0 Å². The fourth-order valence-electron chi connectivity index (χ4n) is 1.57. The van der Waals surface area contributed by atoms with Gasteiger partial charge in [-0.2, -0.15) is 0 Å². The molecule has 0 aliphatic heterocycles. The van der Waals surface area contributed by atoms with Crippen molar-refractivity contribution in [3.8, 4) is 5.75 Å². The Morgan fingerprint density at radius 2 is 2.05 bits per heavy atom. The molecule has 4 N–H and O–H groups in total. The van der Waals surface area contributed by atoms with E-state index in [-0.39, 0.29) is 17.0 Å². The normalized spacial score (nSPS) is 10.1. The minimum absolute atomic E-state index is 0.270. The summed E-state index contributed by atoms with van der Waals surface area (Å²) in [6.07, 6.45) is 0. The van der Waals surface area contributed by atoms with Crippen LogP contribution in [0.5, 0.6) is 5.75 Å². The van der Waals surface area contributed by atoms with Crippen LogP contribution < -0.4 is 10.6 Å². The van der Waals surface area contributed by atoms with Crippen LogP contribution in [0.25, 0.3) is 0 Å². The van der Waals surface area contributed by atoms with Crippen LogP contribution in [0.1, 0.15) is 15.2 Å². The van der Waals surface area contributed by atoms with E-state index in [1.54, 1.807) is 0 Å². The lowest BCUT2D eigenvalue weighted by Gasteiger charge is -2.08. The number of rotatable bonds is 4. The molecule has 0 saturated heterocycles. The van der Waals surface area contributed by atoms with Crippen molar-refractivity contribution in [2.24, 2.45) is 0 Å². The van der Waals surface area contributed by atoms with Gasteiger partial charge in [0, 0.05) is 15.0 Å². The number of hydrogen-bond acceptors (Lipinski definition) is 4. The molecular formula is C13H11BrN2O4S. The van der Waals surface area contributed by atoms with Gasteiger partial charge >= 0.3 is 12.0 Å². The molecule has 1 heterocycles. The van der Waals surface area contributed by atoms with Crippen molar-refractivity contribution in [2.75, 3.05) is 5.32 Å². The molecule has 2 aromatic rings. The van der Waals surface area contributed by atoms with E-state index in [1.807, 2.05) is 11.4 Å². The third-order valence-corrected chi connectivity index (χ3v) is 4.51. The Morgan fingerprint density at radius 1 is 1.29 bits per heavy atom. The number of urea groups is 1. The van der Waals surface area contributed by atoms with Gasteiger partial charge in [0.15, 0.2) is 0 Å². The van der Waals surface area contributed by atoms with Gasteiger partial charge in [-0.15, -0.1) is 11.3 Å². The molecule has 0 atom stereocenters. The highest BCUT2D eigenvalue weighted by Crippen LogP contribution is 2.23. The number of phenols is 1. The maximum absolute atomic E-state index is 11.7. The summed E-state index contributed by atoms with van der Waals surface area (Å²) in [5.41, 5.74) is 0.0155. The van der Waals surface area contributed by atoms with Gasteiger partial charge in [-0.05, 0) is 45.6 Å². The topological polar surface area (TPSA) is 98.7 Å². The number of carbonyl (C=O) groups excluding carboxylic acids is 1. The molecule has 6 nitrogen and oxygen atoms in total. The molecule has 21 heavy (non-hydrogen) atoms. The average molecular weight is 371 g/mol. The zero-order chi connectivity index (χ0) is 15.4. The summed E-state index contributed by atoms with van der Waals surface area (Å²) >= 11 is 4.87. The van der Waals surface area contributed by atoms with Gasteiger partial charge in [-0.25, -0.2) is 9.59 Å². The summed E-state index contributed by atoms with van der Waals surface area (Å²) in [6, 6.07) is 5.26. The van der Waals surface area contributed by atoms with Crippen molar-refractivity contribution in [3.63, 3.8) is 0 Å². The number of thiophene rings is 1. The van der Waals surface area contributed by atoms with Gasteiger partial charge in [-0.3, -0.25) is 0 Å². The predicted octanol–water partition coefficient (Wildman–Crippen LogP) is 3.24. The number of benzene rings is 1. The summed E-state index contributed by atoms with van der Waals surface area (Å²) in [4.78, 5) is 23.6. The number of anilines is 1. The second-order valence-electron chi connectivity index (χ2n) is 4.04. The Morgan fingerprint density at radius 3 is 2.67 bits per heavy atom. The second-order valence-corrected chi connectivity index (χ2v) is 5.89. The summed E-state index contributed by atoms with van der Waals surface area (Å²) in [5.74, 6) is -1.62. The van der Waals surface area contributed by atoms with Crippen molar-refractivity contribution in [1.29, 1.82) is 0 Å². The Balaban J connectivity index is 1.98. The molecule has 1 aromatic carbocycles. The van der Waals surface area contributed by atoms with Crippen molar-refractivity contribution in [2.45, 2.75) is 6.54 Å². The van der Waals surface area contributed by atoms with E-state index in [9.17, 15) is 14.7 Å². The number of hydrogen-bond donors (Lipinski definition) is 4. The molecule has 1 aromatic heterocycles. The molecule has 0 radical (unpaired) electrons. The number of carboxylic acid groups (broad SMARTS) is 1. The van der Waals surface area contributed by atoms with Crippen LogP contribution in [-0.4, -0.2) is 22.2 Å². The Labute approximate surface area is 132 Å². The summed E-state index contributed by atoms with van der Waals surface area (Å²) in [7, 11) is 0. The van der Waals surface area contributed by atoms with Crippen LogP contribution in [0.2, 0.25) is 0 Å². The molecule has 0 aliphatic carbocycles. The number of halogens is 1. The summed E-state index contributed by atoms with van der Waals surface area (Å²) < 4.78 is 0.922. The van der Waals surface area contributed by atoms with E-state index in [0.29, 0.717) is 6.54 Å². The van der Waals surface area contributed by atoms with E-state index < -0.39 is 12.0 Å². The quantitative estimate of drug-likeness (QED) is 0.620. The van der Waals surface area contributed by atoms with Crippen molar-refractivity contribution in [1.82, 2.24) is 5.32 Å². The maximum Gasteiger partial charge on any atom is 0.339 e. The van der Waals surface area contributed by atoms with Crippen LogP contribution in [-0.2, 0) is 6.54 Å². The minimum Gasteiger partial charge on any atom is -0.507 e. The second kappa shape index (κ2) is 6.59. The van der Waals surface area contributed by atoms with E-state index in [2.05, 4.69) is 26.6 Å². The molecule has 2 rings (SSSR count). The first kappa shape index (κ1) is 15.3. The Hall–Kier alpha value is -2.06. The van der Waals surface area contributed by atoms with E-state index in [0.717, 1.165) is 9.35 Å². The number of carboxylic acids is 1. The fraction of sp³-hybridized carbons (Fsp3) is 0.0769. The van der Waals surface area contributed by atoms with Crippen LogP contribution >= 0.6 is 27.3 Å². The van der Waals surface area contributed by atoms with Gasteiger partial charge < -0.3 is 20.8 Å². The summed E-state index contributed by atoms with van der Waals surface area (Å²) in [5, 5.41) is 25.3. The molecule has 0 saturated carbocycles. The maximum atomic E-state index is 11.7. The first-order valence-corrected chi connectivity index (χ1v) is 7.47. The zero-order valence-corrected chi connectivity index (χ0v) is 13.0. The first-order chi connectivity index (χ1) is 9.97. The van der Waals surface area contributed by atoms with Gasteiger partial charge in [0.2, 0.25) is 0 Å². The lowest BCUT2D eigenvalue weighted by molar-refractivity contribution is 0.0693. The number of amides is 2. The first-order valence-electron chi connectivity index (χ1n) is 5.80. The molecule has 0 bridgehead atoms. The van der Waals surface area contributed by atoms with Crippen LogP contribution in [0.15, 0.2) is 34.1 Å². The zero-order valence-electron chi connectivity index (χ0n) is 10.6. The fourth-order valence-corrected chi connectivity index (χ4v) is 3.00. The van der Waals surface area contributed by atoms with Crippen molar-refractivity contribution in [3.05, 3.63) is 44.6 Å². The smallest absolute Gasteiger partial charge is 0.339 e. The van der Waals surface area contributed by atoms with Crippen LogP contribution in [0.3, 0.4) is 0 Å². The Kier molecular flexibility index (Phi) is 4.81. The lowest BCUT2D eigenvalue weighted by atomic mass is 10.2. The molecule has 0 fully saturated rings. The third-order valence-electron chi connectivity index (χ3n) is 2.59. The van der Waals surface area contributed by atoms with E-state index in [1.165, 1.54) is 29.5 Å². The average Bonchev–Trinajstić information content (AvgIpc) is 2.84. The monoisotopic (exact) mass is 370 g/mol. The number of nitrogens with one attached hydrogen (secondary N) is 2. The van der Waals surface area contributed by atoms with Gasteiger partial charge in [0.1, 0.15) is 11.3 Å².